The van der Waals surface area contributed by atoms with Crippen LogP contribution in [-0.4, -0.2) is 19.8 Å². The zero-order valence-corrected chi connectivity index (χ0v) is 9.37. The van der Waals surface area contributed by atoms with Crippen LogP contribution in [0, 0.1) is 0 Å². The number of sulfonamides is 1. The molecule has 0 spiro atoms. The zero-order chi connectivity index (χ0) is 9.85. The molecule has 0 saturated heterocycles. The fourth-order valence-electron chi connectivity index (χ4n) is 1.54. The molecule has 0 aliphatic carbocycles. The van der Waals surface area contributed by atoms with Gasteiger partial charge >= 0.3 is 0 Å². The van der Waals surface area contributed by atoms with Gasteiger partial charge in [-0.2, -0.15) is 4.31 Å². The van der Waals surface area contributed by atoms with E-state index in [1.165, 1.54) is 15.6 Å². The molecular weight excluding hydrogens is 206 g/mol. The Morgan fingerprint density at radius 1 is 1.46 bits per heavy atom. The summed E-state index contributed by atoms with van der Waals surface area (Å²) in [7, 11) is -1.58. The van der Waals surface area contributed by atoms with E-state index in [9.17, 15) is 8.42 Å². The number of fused-ring (bicyclic) bond motifs is 1. The molecule has 0 N–H and O–H groups in total. The van der Waals surface area contributed by atoms with Crippen LogP contribution in [0.3, 0.4) is 0 Å². The van der Waals surface area contributed by atoms with Crippen LogP contribution in [0.1, 0.15) is 18.7 Å². The number of hydrogen-bond donors (Lipinski definition) is 0. The van der Waals surface area contributed by atoms with Gasteiger partial charge in [-0.05, 0) is 25.3 Å². The first-order chi connectivity index (χ1) is 5.88. The summed E-state index contributed by atoms with van der Waals surface area (Å²) in [6.45, 7) is 3.85. The van der Waals surface area contributed by atoms with E-state index in [-0.39, 0.29) is 5.54 Å². The van der Waals surface area contributed by atoms with E-state index >= 15 is 0 Å². The van der Waals surface area contributed by atoms with Crippen molar-refractivity contribution in [1.82, 2.24) is 4.31 Å². The highest BCUT2D eigenvalue weighted by atomic mass is 32.2. The third-order valence-corrected chi connectivity index (χ3v) is 6.04. The minimum atomic E-state index is -3.20. The van der Waals surface area contributed by atoms with Crippen LogP contribution >= 0.6 is 11.3 Å². The smallest absolute Gasteiger partial charge is 0.207 e. The van der Waals surface area contributed by atoms with Crippen LogP contribution in [0.4, 0.5) is 0 Å². The SMILES string of the molecule is CN1C(C)(C)c2sccc2S1(=O)=O. The van der Waals surface area contributed by atoms with Gasteiger partial charge in [-0.1, -0.05) is 0 Å². The van der Waals surface area contributed by atoms with E-state index in [1.807, 2.05) is 19.2 Å². The lowest BCUT2D eigenvalue weighted by Crippen LogP contribution is -2.35. The zero-order valence-electron chi connectivity index (χ0n) is 7.73. The quantitative estimate of drug-likeness (QED) is 0.662. The Bertz CT molecular complexity index is 444. The van der Waals surface area contributed by atoms with Crippen LogP contribution in [-0.2, 0) is 15.6 Å². The maximum absolute atomic E-state index is 11.8. The highest BCUT2D eigenvalue weighted by Gasteiger charge is 2.46. The first kappa shape index (κ1) is 9.18. The van der Waals surface area contributed by atoms with Crippen molar-refractivity contribution in [3.05, 3.63) is 16.3 Å². The molecule has 1 aliphatic rings. The van der Waals surface area contributed by atoms with Crippen molar-refractivity contribution in [2.75, 3.05) is 7.05 Å². The molecule has 1 aromatic rings. The molecule has 1 aromatic heterocycles. The number of hydrogen-bond acceptors (Lipinski definition) is 3. The molecule has 0 aromatic carbocycles. The summed E-state index contributed by atoms with van der Waals surface area (Å²) >= 11 is 1.50. The van der Waals surface area contributed by atoms with E-state index in [4.69, 9.17) is 0 Å². The van der Waals surface area contributed by atoms with Gasteiger partial charge in [-0.15, -0.1) is 11.3 Å². The molecule has 72 valence electrons. The molecular formula is C8H11NO2S2. The summed E-state index contributed by atoms with van der Waals surface area (Å²) in [5.41, 5.74) is -0.387. The second-order valence-electron chi connectivity index (χ2n) is 3.65. The lowest BCUT2D eigenvalue weighted by molar-refractivity contribution is 0.291. The van der Waals surface area contributed by atoms with Crippen molar-refractivity contribution in [2.45, 2.75) is 24.3 Å². The normalized spacial score (nSPS) is 24.5. The molecule has 0 fully saturated rings. The van der Waals surface area contributed by atoms with Gasteiger partial charge in [0, 0.05) is 11.9 Å². The summed E-state index contributed by atoms with van der Waals surface area (Å²) in [6.07, 6.45) is 0. The molecule has 0 saturated carbocycles. The van der Waals surface area contributed by atoms with Crippen LogP contribution in [0.25, 0.3) is 0 Å². The van der Waals surface area contributed by atoms with E-state index in [2.05, 4.69) is 0 Å². The maximum atomic E-state index is 11.8. The third-order valence-electron chi connectivity index (χ3n) is 2.61. The highest BCUT2D eigenvalue weighted by Crippen LogP contribution is 2.45. The van der Waals surface area contributed by atoms with Crippen molar-refractivity contribution in [1.29, 1.82) is 0 Å². The van der Waals surface area contributed by atoms with Gasteiger partial charge in [0.1, 0.15) is 0 Å². The first-order valence-corrected chi connectivity index (χ1v) is 6.27. The molecule has 0 bridgehead atoms. The van der Waals surface area contributed by atoms with Crippen LogP contribution in [0.5, 0.6) is 0 Å². The van der Waals surface area contributed by atoms with Crippen LogP contribution < -0.4 is 0 Å². The van der Waals surface area contributed by atoms with E-state index in [1.54, 1.807) is 13.1 Å². The molecule has 5 heteroatoms. The molecule has 0 amide bonds. The largest absolute Gasteiger partial charge is 0.244 e. The molecule has 3 nitrogen and oxygen atoms in total. The van der Waals surface area contributed by atoms with Crippen molar-refractivity contribution in [3.63, 3.8) is 0 Å². The summed E-state index contributed by atoms with van der Waals surface area (Å²) in [6, 6.07) is 1.68. The molecule has 0 radical (unpaired) electrons. The van der Waals surface area contributed by atoms with Crippen molar-refractivity contribution in [2.24, 2.45) is 0 Å². The lowest BCUT2D eigenvalue weighted by atomic mass is 10.0. The van der Waals surface area contributed by atoms with Crippen LogP contribution in [0.15, 0.2) is 16.3 Å². The fourth-order valence-corrected chi connectivity index (χ4v) is 4.80. The van der Waals surface area contributed by atoms with Crippen molar-refractivity contribution >= 4 is 21.4 Å². The van der Waals surface area contributed by atoms with Gasteiger partial charge in [0.15, 0.2) is 0 Å². The van der Waals surface area contributed by atoms with Crippen molar-refractivity contribution in [3.8, 4) is 0 Å². The highest BCUT2D eigenvalue weighted by molar-refractivity contribution is 7.89. The molecule has 13 heavy (non-hydrogen) atoms. The topological polar surface area (TPSA) is 37.4 Å². The summed E-state index contributed by atoms with van der Waals surface area (Å²) in [4.78, 5) is 1.42. The molecule has 0 atom stereocenters. The van der Waals surface area contributed by atoms with E-state index in [0.717, 1.165) is 4.88 Å². The Kier molecular flexibility index (Phi) is 1.65. The third kappa shape index (κ3) is 0.949. The average Bonchev–Trinajstić information content (AvgIpc) is 2.54. The van der Waals surface area contributed by atoms with Gasteiger partial charge in [-0.3, -0.25) is 0 Å². The maximum Gasteiger partial charge on any atom is 0.244 e. The number of rotatable bonds is 0. The lowest BCUT2D eigenvalue weighted by Gasteiger charge is -2.25. The first-order valence-electron chi connectivity index (χ1n) is 3.95. The Morgan fingerprint density at radius 3 is 2.62 bits per heavy atom. The van der Waals surface area contributed by atoms with Gasteiger partial charge in [0.2, 0.25) is 10.0 Å². The number of nitrogens with zero attached hydrogens (tertiary/aromatic N) is 1. The summed E-state index contributed by atoms with van der Waals surface area (Å²) < 4.78 is 25.0. The second kappa shape index (κ2) is 2.34. The Balaban J connectivity index is 2.80. The molecule has 0 unspecified atom stereocenters. The Hall–Kier alpha value is -0.390. The van der Waals surface area contributed by atoms with Crippen molar-refractivity contribution < 1.29 is 8.42 Å². The molecule has 1 aliphatic heterocycles. The van der Waals surface area contributed by atoms with Gasteiger partial charge in [0.05, 0.1) is 10.4 Å². The van der Waals surface area contributed by atoms with E-state index < -0.39 is 10.0 Å². The monoisotopic (exact) mass is 217 g/mol. The number of thiophene rings is 1. The van der Waals surface area contributed by atoms with Gasteiger partial charge in [-0.25, -0.2) is 8.42 Å². The minimum Gasteiger partial charge on any atom is -0.207 e. The molecule has 2 rings (SSSR count). The minimum absolute atomic E-state index is 0.387. The van der Waals surface area contributed by atoms with Crippen LogP contribution in [0.2, 0.25) is 0 Å². The Labute approximate surface area is 82.0 Å². The standard InChI is InChI=1S/C8H11NO2S2/c1-8(2)7-6(4-5-12-7)13(10,11)9(8)3/h4-5H,1-3H3. The molecule has 2 heterocycles. The van der Waals surface area contributed by atoms with E-state index in [0.29, 0.717) is 4.90 Å². The second-order valence-corrected chi connectivity index (χ2v) is 6.50. The fraction of sp³-hybridized carbons (Fsp3) is 0.500. The summed E-state index contributed by atoms with van der Waals surface area (Å²) in [5, 5.41) is 1.83. The Morgan fingerprint density at radius 2 is 2.08 bits per heavy atom. The predicted octanol–water partition coefficient (Wildman–Crippen LogP) is 1.62. The van der Waals surface area contributed by atoms with Gasteiger partial charge < -0.3 is 0 Å². The van der Waals surface area contributed by atoms with Gasteiger partial charge in [0.25, 0.3) is 0 Å². The summed E-state index contributed by atoms with van der Waals surface area (Å²) in [5.74, 6) is 0. The predicted molar refractivity (Wildman–Crippen MR) is 52.3 cm³/mol. The average molecular weight is 217 g/mol.